The lowest BCUT2D eigenvalue weighted by Crippen LogP contribution is -2.38. The molecule has 0 saturated heterocycles. The van der Waals surface area contributed by atoms with Crippen molar-refractivity contribution in [3.63, 3.8) is 0 Å². The Morgan fingerprint density at radius 2 is 1.81 bits per heavy atom. The van der Waals surface area contributed by atoms with Crippen molar-refractivity contribution in [1.82, 2.24) is 20.5 Å². The molecule has 1 aromatic heterocycles. The number of benzene rings is 1. The Hall–Kier alpha value is -3.06. The van der Waals surface area contributed by atoms with Gasteiger partial charge in [-0.3, -0.25) is 24.3 Å². The first-order chi connectivity index (χ1) is 13.0. The number of nitrogens with one attached hydrogen (secondary N) is 2. The summed E-state index contributed by atoms with van der Waals surface area (Å²) in [5.41, 5.74) is 1.77. The van der Waals surface area contributed by atoms with Gasteiger partial charge in [0.15, 0.2) is 0 Å². The lowest BCUT2D eigenvalue weighted by molar-refractivity contribution is 0.0642. The van der Waals surface area contributed by atoms with E-state index in [0.29, 0.717) is 17.7 Å². The fourth-order valence-corrected chi connectivity index (χ4v) is 3.01. The Kier molecular flexibility index (Phi) is 5.61. The van der Waals surface area contributed by atoms with Gasteiger partial charge in [0.25, 0.3) is 17.7 Å². The molecule has 3 rings (SSSR count). The van der Waals surface area contributed by atoms with E-state index in [0.717, 1.165) is 12.1 Å². The van der Waals surface area contributed by atoms with Crippen LogP contribution in [-0.4, -0.2) is 46.7 Å². The summed E-state index contributed by atoms with van der Waals surface area (Å²) >= 11 is 0. The van der Waals surface area contributed by atoms with Crippen molar-refractivity contribution < 1.29 is 14.4 Å². The summed E-state index contributed by atoms with van der Waals surface area (Å²) < 4.78 is 0. The summed E-state index contributed by atoms with van der Waals surface area (Å²) in [6, 6.07) is 8.28. The predicted molar refractivity (Wildman–Crippen MR) is 100 cm³/mol. The third-order valence-corrected chi connectivity index (χ3v) is 4.44. The average molecular weight is 366 g/mol. The van der Waals surface area contributed by atoms with Gasteiger partial charge in [-0.05, 0) is 49.4 Å². The van der Waals surface area contributed by atoms with E-state index in [9.17, 15) is 14.4 Å². The number of pyridine rings is 1. The molecule has 0 aliphatic carbocycles. The van der Waals surface area contributed by atoms with Gasteiger partial charge >= 0.3 is 0 Å². The van der Waals surface area contributed by atoms with Crippen molar-refractivity contribution >= 4 is 17.7 Å². The van der Waals surface area contributed by atoms with Crippen molar-refractivity contribution in [1.29, 1.82) is 0 Å². The maximum atomic E-state index is 12.7. The minimum atomic E-state index is -0.387. The Labute approximate surface area is 157 Å². The third kappa shape index (κ3) is 4.03. The third-order valence-electron chi connectivity index (χ3n) is 4.44. The van der Waals surface area contributed by atoms with Gasteiger partial charge in [-0.25, -0.2) is 0 Å². The number of carbonyl (C=O) groups is 3. The van der Waals surface area contributed by atoms with Crippen molar-refractivity contribution in [3.05, 3.63) is 65.0 Å². The zero-order valence-corrected chi connectivity index (χ0v) is 15.4. The Morgan fingerprint density at radius 3 is 2.52 bits per heavy atom. The molecule has 7 heteroatoms. The van der Waals surface area contributed by atoms with Crippen LogP contribution in [0.15, 0.2) is 42.7 Å². The molecule has 7 nitrogen and oxygen atoms in total. The van der Waals surface area contributed by atoms with E-state index in [2.05, 4.69) is 15.6 Å². The molecule has 1 aromatic carbocycles. The summed E-state index contributed by atoms with van der Waals surface area (Å²) in [5, 5.41) is 6.04. The van der Waals surface area contributed by atoms with Crippen molar-refractivity contribution in [2.24, 2.45) is 0 Å². The SMILES string of the molecule is CCN[C@H](C)CNC(=O)c1ccc2c(c1)C(=O)N(Cc1ccncc1)C2=O. The zero-order valence-electron chi connectivity index (χ0n) is 15.4. The summed E-state index contributed by atoms with van der Waals surface area (Å²) in [7, 11) is 0. The van der Waals surface area contributed by atoms with Gasteiger partial charge in [-0.15, -0.1) is 0 Å². The number of amides is 3. The lowest BCUT2D eigenvalue weighted by atomic mass is 10.1. The first-order valence-corrected chi connectivity index (χ1v) is 8.92. The van der Waals surface area contributed by atoms with Crippen LogP contribution in [0.4, 0.5) is 0 Å². The Morgan fingerprint density at radius 1 is 1.11 bits per heavy atom. The first kappa shape index (κ1) is 18.7. The monoisotopic (exact) mass is 366 g/mol. The molecule has 0 spiro atoms. The summed E-state index contributed by atoms with van der Waals surface area (Å²) in [6.07, 6.45) is 3.23. The minimum Gasteiger partial charge on any atom is -0.350 e. The molecule has 140 valence electrons. The van der Waals surface area contributed by atoms with Gasteiger partial charge in [0.1, 0.15) is 0 Å². The number of hydrogen-bond acceptors (Lipinski definition) is 5. The molecule has 0 saturated carbocycles. The smallest absolute Gasteiger partial charge is 0.261 e. The number of carbonyl (C=O) groups excluding carboxylic acids is 3. The summed E-state index contributed by atoms with van der Waals surface area (Å²) in [6.45, 7) is 5.45. The highest BCUT2D eigenvalue weighted by atomic mass is 16.2. The molecule has 0 fully saturated rings. The molecular weight excluding hydrogens is 344 g/mol. The number of fused-ring (bicyclic) bond motifs is 1. The molecule has 1 aliphatic rings. The van der Waals surface area contributed by atoms with Crippen molar-refractivity contribution in [2.45, 2.75) is 26.4 Å². The second-order valence-electron chi connectivity index (χ2n) is 6.48. The van der Waals surface area contributed by atoms with Crippen LogP contribution in [0.2, 0.25) is 0 Å². The topological polar surface area (TPSA) is 91.4 Å². The van der Waals surface area contributed by atoms with E-state index in [1.807, 2.05) is 13.8 Å². The molecule has 0 bridgehead atoms. The van der Waals surface area contributed by atoms with Crippen molar-refractivity contribution in [3.8, 4) is 0 Å². The average Bonchev–Trinajstić information content (AvgIpc) is 2.91. The summed E-state index contributed by atoms with van der Waals surface area (Å²) in [4.78, 5) is 42.7. The van der Waals surface area contributed by atoms with Gasteiger partial charge in [-0.1, -0.05) is 6.92 Å². The van der Waals surface area contributed by atoms with E-state index in [-0.39, 0.29) is 35.9 Å². The predicted octanol–water partition coefficient (Wildman–Crippen LogP) is 1.61. The highest BCUT2D eigenvalue weighted by molar-refractivity contribution is 6.22. The standard InChI is InChI=1S/C20H22N4O3/c1-3-22-13(2)11-23-18(25)15-4-5-16-17(10-15)20(27)24(19(16)26)12-14-6-8-21-9-7-14/h4-10,13,22H,3,11-12H2,1-2H3,(H,23,25)/t13-/m1/s1. The van der Waals surface area contributed by atoms with Crippen LogP contribution in [0.3, 0.4) is 0 Å². The fourth-order valence-electron chi connectivity index (χ4n) is 3.01. The number of nitrogens with zero attached hydrogens (tertiary/aromatic N) is 2. The second kappa shape index (κ2) is 8.09. The zero-order chi connectivity index (χ0) is 19.4. The normalized spacial score (nSPS) is 14.2. The van der Waals surface area contributed by atoms with Crippen LogP contribution in [-0.2, 0) is 6.54 Å². The highest BCUT2D eigenvalue weighted by Crippen LogP contribution is 2.25. The van der Waals surface area contributed by atoms with Crippen LogP contribution in [0, 0.1) is 0 Å². The van der Waals surface area contributed by atoms with Crippen LogP contribution in [0.25, 0.3) is 0 Å². The molecule has 2 heterocycles. The van der Waals surface area contributed by atoms with Crippen LogP contribution in [0.1, 0.15) is 50.5 Å². The van der Waals surface area contributed by atoms with E-state index in [4.69, 9.17) is 0 Å². The van der Waals surface area contributed by atoms with Gasteiger partial charge < -0.3 is 10.6 Å². The molecule has 27 heavy (non-hydrogen) atoms. The fraction of sp³-hybridized carbons (Fsp3) is 0.300. The largest absolute Gasteiger partial charge is 0.350 e. The van der Waals surface area contributed by atoms with Crippen LogP contribution >= 0.6 is 0 Å². The summed E-state index contributed by atoms with van der Waals surface area (Å²) in [5.74, 6) is -1.00. The number of hydrogen-bond donors (Lipinski definition) is 2. The van der Waals surface area contributed by atoms with Crippen LogP contribution in [0.5, 0.6) is 0 Å². The highest BCUT2D eigenvalue weighted by Gasteiger charge is 2.36. The number of aromatic nitrogens is 1. The maximum absolute atomic E-state index is 12.7. The number of imide groups is 1. The van der Waals surface area contributed by atoms with E-state index in [1.165, 1.54) is 11.0 Å². The molecule has 1 aliphatic heterocycles. The van der Waals surface area contributed by atoms with E-state index < -0.39 is 0 Å². The Balaban J connectivity index is 1.74. The molecule has 2 N–H and O–H groups in total. The molecule has 0 radical (unpaired) electrons. The molecular formula is C20H22N4O3. The van der Waals surface area contributed by atoms with E-state index in [1.54, 1.807) is 36.7 Å². The second-order valence-corrected chi connectivity index (χ2v) is 6.48. The Bertz CT molecular complexity index is 867. The van der Waals surface area contributed by atoms with Crippen molar-refractivity contribution in [2.75, 3.05) is 13.1 Å². The molecule has 3 amide bonds. The number of rotatable bonds is 7. The van der Waals surface area contributed by atoms with Crippen LogP contribution < -0.4 is 10.6 Å². The van der Waals surface area contributed by atoms with Gasteiger partial charge in [-0.2, -0.15) is 0 Å². The first-order valence-electron chi connectivity index (χ1n) is 8.92. The minimum absolute atomic E-state index is 0.146. The van der Waals surface area contributed by atoms with Gasteiger partial charge in [0.2, 0.25) is 0 Å². The molecule has 2 aromatic rings. The maximum Gasteiger partial charge on any atom is 0.261 e. The van der Waals surface area contributed by atoms with Gasteiger partial charge in [0.05, 0.1) is 17.7 Å². The molecule has 1 atom stereocenters. The van der Waals surface area contributed by atoms with Gasteiger partial charge in [0, 0.05) is 30.5 Å². The lowest BCUT2D eigenvalue weighted by Gasteiger charge is -2.13. The number of likely N-dealkylation sites (N-methyl/N-ethyl adjacent to an activating group) is 1. The quantitative estimate of drug-likeness (QED) is 0.727. The van der Waals surface area contributed by atoms with E-state index >= 15 is 0 Å². The molecule has 0 unspecified atom stereocenters.